The zero-order valence-corrected chi connectivity index (χ0v) is 15.0. The number of Topliss-reactive ketones (excluding diaryl/α,β-unsaturated/α-hetero) is 1. The lowest BCUT2D eigenvalue weighted by Gasteiger charge is -2.13. The van der Waals surface area contributed by atoms with Crippen molar-refractivity contribution in [1.82, 2.24) is 5.32 Å². The van der Waals surface area contributed by atoms with Crippen molar-refractivity contribution < 1.29 is 14.3 Å². The van der Waals surface area contributed by atoms with Gasteiger partial charge in [0.1, 0.15) is 5.75 Å². The number of hydrogen-bond acceptors (Lipinski definition) is 4. The number of anilines is 1. The van der Waals surface area contributed by atoms with Crippen LogP contribution in [0.5, 0.6) is 5.75 Å². The first-order valence-electron chi connectivity index (χ1n) is 7.87. The van der Waals surface area contributed by atoms with Crippen LogP contribution >= 0.6 is 11.3 Å². The molecule has 0 aliphatic rings. The molecule has 0 saturated carbocycles. The molecule has 24 heavy (non-hydrogen) atoms. The Labute approximate surface area is 146 Å². The monoisotopic (exact) mass is 346 g/mol. The Kier molecular flexibility index (Phi) is 6.37. The van der Waals surface area contributed by atoms with Gasteiger partial charge in [-0.1, -0.05) is 0 Å². The highest BCUT2D eigenvalue weighted by molar-refractivity contribution is 7.11. The quantitative estimate of drug-likeness (QED) is 0.744. The predicted octanol–water partition coefficient (Wildman–Crippen LogP) is 4.02. The summed E-state index contributed by atoms with van der Waals surface area (Å²) in [5.41, 5.74) is 1.02. The molecule has 0 spiro atoms. The van der Waals surface area contributed by atoms with E-state index in [9.17, 15) is 9.59 Å². The molecule has 5 nitrogen and oxygen atoms in total. The number of nitrogens with one attached hydrogen (secondary N) is 2. The Bertz CT molecular complexity index is 725. The smallest absolute Gasteiger partial charge is 0.319 e. The highest BCUT2D eigenvalue weighted by atomic mass is 32.1. The molecule has 0 aliphatic carbocycles. The first kappa shape index (κ1) is 18.0. The second kappa shape index (κ2) is 8.49. The van der Waals surface area contributed by atoms with Crippen molar-refractivity contribution in [1.29, 1.82) is 0 Å². The first-order valence-corrected chi connectivity index (χ1v) is 8.69. The number of rotatable bonds is 7. The topological polar surface area (TPSA) is 67.4 Å². The SMILES string of the molecule is CCOc1ccc(C(C)=O)cc1NC(=O)NCCc1ccc(C)s1. The Morgan fingerprint density at radius 3 is 2.62 bits per heavy atom. The molecule has 6 heteroatoms. The van der Waals surface area contributed by atoms with Crippen LogP contribution in [0.2, 0.25) is 0 Å². The van der Waals surface area contributed by atoms with Crippen LogP contribution in [0.15, 0.2) is 30.3 Å². The van der Waals surface area contributed by atoms with Gasteiger partial charge in [0.15, 0.2) is 5.78 Å². The maximum absolute atomic E-state index is 12.1. The van der Waals surface area contributed by atoms with Gasteiger partial charge in [-0.2, -0.15) is 0 Å². The van der Waals surface area contributed by atoms with E-state index in [1.54, 1.807) is 29.5 Å². The van der Waals surface area contributed by atoms with E-state index in [4.69, 9.17) is 4.74 Å². The Hall–Kier alpha value is -2.34. The van der Waals surface area contributed by atoms with E-state index in [1.165, 1.54) is 16.7 Å². The van der Waals surface area contributed by atoms with E-state index < -0.39 is 0 Å². The van der Waals surface area contributed by atoms with Crippen LogP contribution < -0.4 is 15.4 Å². The highest BCUT2D eigenvalue weighted by Gasteiger charge is 2.10. The Morgan fingerprint density at radius 2 is 2.00 bits per heavy atom. The van der Waals surface area contributed by atoms with Crippen LogP contribution in [0.1, 0.15) is 34.0 Å². The second-order valence-corrected chi connectivity index (χ2v) is 6.72. The third-order valence-electron chi connectivity index (χ3n) is 3.39. The van der Waals surface area contributed by atoms with E-state index in [0.29, 0.717) is 30.2 Å². The average molecular weight is 346 g/mol. The highest BCUT2D eigenvalue weighted by Crippen LogP contribution is 2.26. The second-order valence-electron chi connectivity index (χ2n) is 5.34. The summed E-state index contributed by atoms with van der Waals surface area (Å²) in [7, 11) is 0. The van der Waals surface area contributed by atoms with Gasteiger partial charge in [0.2, 0.25) is 0 Å². The number of urea groups is 1. The van der Waals surface area contributed by atoms with E-state index in [-0.39, 0.29) is 11.8 Å². The molecule has 1 aromatic heterocycles. The summed E-state index contributed by atoms with van der Waals surface area (Å²) >= 11 is 1.73. The molecule has 0 saturated heterocycles. The minimum absolute atomic E-state index is 0.0606. The van der Waals surface area contributed by atoms with Gasteiger partial charge in [0.05, 0.1) is 12.3 Å². The van der Waals surface area contributed by atoms with Gasteiger partial charge in [-0.05, 0) is 57.5 Å². The normalized spacial score (nSPS) is 10.3. The summed E-state index contributed by atoms with van der Waals surface area (Å²) in [6.45, 7) is 6.44. The number of ether oxygens (including phenoxy) is 1. The zero-order valence-electron chi connectivity index (χ0n) is 14.1. The summed E-state index contributed by atoms with van der Waals surface area (Å²) in [6, 6.07) is 8.85. The number of carbonyl (C=O) groups is 2. The van der Waals surface area contributed by atoms with Crippen molar-refractivity contribution in [3.05, 3.63) is 45.6 Å². The molecule has 2 N–H and O–H groups in total. The van der Waals surface area contributed by atoms with Crippen molar-refractivity contribution in [2.24, 2.45) is 0 Å². The summed E-state index contributed by atoms with van der Waals surface area (Å²) < 4.78 is 5.50. The molecule has 0 aliphatic heterocycles. The Balaban J connectivity index is 1.96. The minimum atomic E-state index is -0.315. The lowest BCUT2D eigenvalue weighted by Crippen LogP contribution is -2.30. The molecular formula is C18H22N2O3S. The largest absolute Gasteiger partial charge is 0.492 e. The van der Waals surface area contributed by atoms with Crippen LogP contribution in [-0.4, -0.2) is 25.0 Å². The van der Waals surface area contributed by atoms with Gasteiger partial charge in [0, 0.05) is 21.9 Å². The maximum Gasteiger partial charge on any atom is 0.319 e. The molecule has 2 amide bonds. The fourth-order valence-electron chi connectivity index (χ4n) is 2.21. The fraction of sp³-hybridized carbons (Fsp3) is 0.333. The minimum Gasteiger partial charge on any atom is -0.492 e. The predicted molar refractivity (Wildman–Crippen MR) is 97.4 cm³/mol. The number of hydrogen-bond donors (Lipinski definition) is 2. The van der Waals surface area contributed by atoms with Crippen molar-refractivity contribution in [2.75, 3.05) is 18.5 Å². The summed E-state index contributed by atoms with van der Waals surface area (Å²) in [4.78, 5) is 26.1. The maximum atomic E-state index is 12.1. The molecule has 1 aromatic carbocycles. The van der Waals surface area contributed by atoms with Crippen LogP contribution in [0.25, 0.3) is 0 Å². The standard InChI is InChI=1S/C18H22N2O3S/c1-4-23-17-8-6-14(13(3)21)11-16(17)20-18(22)19-10-9-15-7-5-12(2)24-15/h5-8,11H,4,9-10H2,1-3H3,(H2,19,20,22). The number of ketones is 1. The first-order chi connectivity index (χ1) is 11.5. The van der Waals surface area contributed by atoms with E-state index in [0.717, 1.165) is 6.42 Å². The van der Waals surface area contributed by atoms with E-state index >= 15 is 0 Å². The lowest BCUT2D eigenvalue weighted by atomic mass is 10.1. The molecule has 0 unspecified atom stereocenters. The summed E-state index contributed by atoms with van der Waals surface area (Å²) in [6.07, 6.45) is 0.789. The molecule has 2 aromatic rings. The molecule has 2 rings (SSSR count). The third-order valence-corrected chi connectivity index (χ3v) is 4.45. The number of benzene rings is 1. The van der Waals surface area contributed by atoms with Crippen molar-refractivity contribution in [3.8, 4) is 5.75 Å². The summed E-state index contributed by atoms with van der Waals surface area (Å²) in [5.74, 6) is 0.487. The molecule has 1 heterocycles. The van der Waals surface area contributed by atoms with Gasteiger partial charge < -0.3 is 15.4 Å². The Morgan fingerprint density at radius 1 is 1.21 bits per heavy atom. The van der Waals surface area contributed by atoms with Crippen LogP contribution in [0.3, 0.4) is 0 Å². The van der Waals surface area contributed by atoms with Gasteiger partial charge >= 0.3 is 6.03 Å². The molecule has 0 radical (unpaired) electrons. The number of thiophene rings is 1. The lowest BCUT2D eigenvalue weighted by molar-refractivity contribution is 0.101. The van der Waals surface area contributed by atoms with Crippen LogP contribution in [0.4, 0.5) is 10.5 Å². The van der Waals surface area contributed by atoms with Crippen molar-refractivity contribution >= 4 is 28.8 Å². The van der Waals surface area contributed by atoms with Crippen LogP contribution in [0, 0.1) is 6.92 Å². The van der Waals surface area contributed by atoms with Crippen molar-refractivity contribution in [3.63, 3.8) is 0 Å². The average Bonchev–Trinajstić information content (AvgIpc) is 2.94. The zero-order chi connectivity index (χ0) is 17.5. The van der Waals surface area contributed by atoms with Crippen LogP contribution in [-0.2, 0) is 6.42 Å². The molecular weight excluding hydrogens is 324 g/mol. The molecule has 128 valence electrons. The van der Waals surface area contributed by atoms with Crippen molar-refractivity contribution in [2.45, 2.75) is 27.2 Å². The van der Waals surface area contributed by atoms with E-state index in [1.807, 2.05) is 6.92 Å². The molecule has 0 bridgehead atoms. The van der Waals surface area contributed by atoms with Gasteiger partial charge in [-0.15, -0.1) is 11.3 Å². The number of carbonyl (C=O) groups excluding carboxylic acids is 2. The number of amides is 2. The number of aryl methyl sites for hydroxylation is 1. The third kappa shape index (κ3) is 5.09. The molecule has 0 fully saturated rings. The summed E-state index contributed by atoms with van der Waals surface area (Å²) in [5, 5.41) is 5.58. The van der Waals surface area contributed by atoms with Gasteiger partial charge in [-0.25, -0.2) is 4.79 Å². The van der Waals surface area contributed by atoms with Gasteiger partial charge in [-0.3, -0.25) is 4.79 Å². The van der Waals surface area contributed by atoms with Gasteiger partial charge in [0.25, 0.3) is 0 Å². The fourth-order valence-corrected chi connectivity index (χ4v) is 3.10. The van der Waals surface area contributed by atoms with E-state index in [2.05, 4.69) is 29.7 Å². The molecule has 0 atom stereocenters.